The van der Waals surface area contributed by atoms with Gasteiger partial charge in [0.15, 0.2) is 0 Å². The molecule has 0 atom stereocenters. The summed E-state index contributed by atoms with van der Waals surface area (Å²) >= 11 is 1.75. The molecule has 1 fully saturated rings. The molecule has 0 spiro atoms. The molecule has 2 aliphatic rings. The Morgan fingerprint density at radius 1 is 1.19 bits per heavy atom. The summed E-state index contributed by atoms with van der Waals surface area (Å²) in [5, 5.41) is 9.62. The molecule has 0 bridgehead atoms. The predicted molar refractivity (Wildman–Crippen MR) is 154 cm³/mol. The van der Waals surface area contributed by atoms with E-state index in [9.17, 15) is 0 Å². The normalized spacial score (nSPS) is 18.1. The van der Waals surface area contributed by atoms with Crippen molar-refractivity contribution >= 4 is 28.6 Å². The van der Waals surface area contributed by atoms with Gasteiger partial charge in [0.1, 0.15) is 11.6 Å². The van der Waals surface area contributed by atoms with Gasteiger partial charge in [-0.2, -0.15) is 4.99 Å². The second kappa shape index (κ2) is 12.5. The first-order chi connectivity index (χ1) is 17.8. The number of rotatable bonds is 8. The van der Waals surface area contributed by atoms with Crippen molar-refractivity contribution in [2.45, 2.75) is 33.7 Å². The van der Waals surface area contributed by atoms with E-state index in [-0.39, 0.29) is 0 Å². The van der Waals surface area contributed by atoms with Crippen LogP contribution in [0.15, 0.2) is 56.6 Å². The summed E-state index contributed by atoms with van der Waals surface area (Å²) in [6.07, 6.45) is 7.09. The largest absolute Gasteiger partial charge is 0.366 e. The van der Waals surface area contributed by atoms with Gasteiger partial charge >= 0.3 is 0 Å². The first-order valence-electron chi connectivity index (χ1n) is 12.8. The molecule has 0 aromatic carbocycles. The fourth-order valence-electron chi connectivity index (χ4n) is 4.44. The number of nitrogens with one attached hydrogen (secondary N) is 1. The van der Waals surface area contributed by atoms with Gasteiger partial charge in [-0.1, -0.05) is 23.9 Å². The van der Waals surface area contributed by atoms with Crippen LogP contribution in [0.25, 0.3) is 5.57 Å². The first kappa shape index (κ1) is 27.0. The zero-order valence-corrected chi connectivity index (χ0v) is 23.6. The van der Waals surface area contributed by atoms with Gasteiger partial charge in [0, 0.05) is 61.8 Å². The highest BCUT2D eigenvalue weighted by Gasteiger charge is 2.21. The van der Waals surface area contributed by atoms with Gasteiger partial charge in [-0.3, -0.25) is 4.90 Å². The Morgan fingerprint density at radius 3 is 2.57 bits per heavy atom. The van der Waals surface area contributed by atoms with Crippen LogP contribution in [0.2, 0.25) is 0 Å². The molecule has 0 radical (unpaired) electrons. The molecule has 2 aromatic heterocycles. The van der Waals surface area contributed by atoms with E-state index < -0.39 is 0 Å². The third kappa shape index (κ3) is 7.50. The van der Waals surface area contributed by atoms with Crippen LogP contribution >= 0.6 is 11.3 Å². The fraction of sp³-hybridized carbons (Fsp3) is 0.464. The zero-order valence-electron chi connectivity index (χ0n) is 22.8. The lowest BCUT2D eigenvalue weighted by atomic mass is 9.97. The summed E-state index contributed by atoms with van der Waals surface area (Å²) in [7, 11) is 4.24. The number of hydrogen-bond donors (Lipinski definition) is 1. The van der Waals surface area contributed by atoms with E-state index in [1.807, 2.05) is 13.8 Å². The lowest BCUT2D eigenvalue weighted by molar-refractivity contribution is 0.168. The first-order valence-corrected chi connectivity index (χ1v) is 13.7. The Labute approximate surface area is 224 Å². The predicted octanol–water partition coefficient (Wildman–Crippen LogP) is 4.24. The van der Waals surface area contributed by atoms with E-state index >= 15 is 0 Å². The van der Waals surface area contributed by atoms with E-state index in [0.717, 1.165) is 80.0 Å². The van der Waals surface area contributed by atoms with Crippen molar-refractivity contribution in [2.24, 2.45) is 9.98 Å². The summed E-state index contributed by atoms with van der Waals surface area (Å²) in [4.78, 5) is 18.2. The quantitative estimate of drug-likeness (QED) is 0.414. The summed E-state index contributed by atoms with van der Waals surface area (Å²) in [5.41, 5.74) is 5.36. The van der Waals surface area contributed by atoms with Crippen LogP contribution in [-0.4, -0.2) is 84.9 Å². The maximum absolute atomic E-state index is 5.35. The highest BCUT2D eigenvalue weighted by Crippen LogP contribution is 2.26. The van der Waals surface area contributed by atoms with Gasteiger partial charge in [0.2, 0.25) is 5.96 Å². The van der Waals surface area contributed by atoms with Crippen molar-refractivity contribution in [3.63, 3.8) is 0 Å². The third-order valence-electron chi connectivity index (χ3n) is 6.56. The molecular formula is C28H39N7OS. The molecule has 2 aromatic rings. The maximum atomic E-state index is 5.35. The fourth-order valence-corrected chi connectivity index (χ4v) is 5.26. The van der Waals surface area contributed by atoms with Gasteiger partial charge in [0.05, 0.1) is 12.2 Å². The zero-order chi connectivity index (χ0) is 26.4. The highest BCUT2D eigenvalue weighted by molar-refractivity contribution is 7.10. The molecule has 1 saturated heterocycles. The molecule has 1 N–H and O–H groups in total. The maximum Gasteiger partial charge on any atom is 0.227 e. The number of aryl methyl sites for hydroxylation is 3. The molecule has 0 saturated carbocycles. The van der Waals surface area contributed by atoms with Gasteiger partial charge in [0.25, 0.3) is 0 Å². The molecule has 0 unspecified atom stereocenters. The average molecular weight is 522 g/mol. The molecule has 3 heterocycles. The number of thiophene rings is 1. The van der Waals surface area contributed by atoms with Crippen molar-refractivity contribution < 1.29 is 4.52 Å². The Kier molecular flexibility index (Phi) is 9.13. The number of aromatic nitrogens is 1. The topological polar surface area (TPSA) is 72.5 Å². The van der Waals surface area contributed by atoms with Crippen molar-refractivity contribution in [1.82, 2.24) is 25.2 Å². The molecule has 9 heteroatoms. The van der Waals surface area contributed by atoms with Gasteiger partial charge < -0.3 is 19.6 Å². The summed E-state index contributed by atoms with van der Waals surface area (Å²) < 4.78 is 5.35. The van der Waals surface area contributed by atoms with Crippen molar-refractivity contribution in [1.29, 1.82) is 0 Å². The summed E-state index contributed by atoms with van der Waals surface area (Å²) in [6.45, 7) is 16.9. The van der Waals surface area contributed by atoms with E-state index in [1.165, 1.54) is 10.4 Å². The molecule has 8 nitrogen and oxygen atoms in total. The van der Waals surface area contributed by atoms with Crippen LogP contribution < -0.4 is 5.32 Å². The number of nitrogens with zero attached hydrogens (tertiary/aromatic N) is 6. The number of hydrogen-bond acceptors (Lipinski definition) is 7. The van der Waals surface area contributed by atoms with Gasteiger partial charge in [-0.05, 0) is 63.5 Å². The van der Waals surface area contributed by atoms with Crippen LogP contribution in [0.3, 0.4) is 0 Å². The van der Waals surface area contributed by atoms with Crippen molar-refractivity contribution in [2.75, 3.05) is 53.4 Å². The van der Waals surface area contributed by atoms with E-state index in [1.54, 1.807) is 11.3 Å². The molecule has 0 amide bonds. The molecular weight excluding hydrogens is 482 g/mol. The third-order valence-corrected chi connectivity index (χ3v) is 7.61. The van der Waals surface area contributed by atoms with Crippen molar-refractivity contribution in [3.8, 4) is 0 Å². The summed E-state index contributed by atoms with van der Waals surface area (Å²) in [5.74, 6) is 2.19. The Morgan fingerprint density at radius 2 is 1.97 bits per heavy atom. The van der Waals surface area contributed by atoms with Crippen LogP contribution in [0.1, 0.15) is 33.9 Å². The lowest BCUT2D eigenvalue weighted by Crippen LogP contribution is -2.49. The average Bonchev–Trinajstić information content (AvgIpc) is 3.45. The molecule has 37 heavy (non-hydrogen) atoms. The minimum Gasteiger partial charge on any atom is -0.366 e. The number of aliphatic imine (C=N–C) groups is 2. The minimum atomic E-state index is 0.632. The number of guanidine groups is 1. The number of piperazine rings is 1. The molecule has 4 rings (SSSR count). The van der Waals surface area contributed by atoms with Crippen LogP contribution in [0.4, 0.5) is 0 Å². The second-order valence-corrected chi connectivity index (χ2v) is 10.9. The Hall–Kier alpha value is -3.01. The minimum absolute atomic E-state index is 0.632. The van der Waals surface area contributed by atoms with E-state index in [0.29, 0.717) is 12.4 Å². The Bertz CT molecular complexity index is 1190. The van der Waals surface area contributed by atoms with E-state index in [2.05, 4.69) is 82.4 Å². The number of likely N-dealkylation sites (N-methyl/N-ethyl adjacent to an activating group) is 1. The van der Waals surface area contributed by atoms with Gasteiger partial charge in [-0.15, -0.1) is 11.3 Å². The smallest absolute Gasteiger partial charge is 0.227 e. The number of allylic oxidation sites excluding steroid dienone is 4. The molecule has 1 aliphatic heterocycles. The second-order valence-electron chi connectivity index (χ2n) is 9.93. The molecule has 1 aliphatic carbocycles. The van der Waals surface area contributed by atoms with Crippen LogP contribution in [-0.2, 0) is 6.54 Å². The highest BCUT2D eigenvalue weighted by atomic mass is 32.1. The monoisotopic (exact) mass is 521 g/mol. The summed E-state index contributed by atoms with van der Waals surface area (Å²) in [6, 6.07) is 2.19. The van der Waals surface area contributed by atoms with Crippen LogP contribution in [0.5, 0.6) is 0 Å². The van der Waals surface area contributed by atoms with E-state index in [4.69, 9.17) is 14.5 Å². The molecule has 198 valence electrons. The van der Waals surface area contributed by atoms with Gasteiger partial charge in [-0.25, -0.2) is 4.99 Å². The van der Waals surface area contributed by atoms with Crippen LogP contribution in [0, 0.1) is 20.8 Å². The lowest BCUT2D eigenvalue weighted by Gasteiger charge is -2.35. The standard InChI is InChI=1S/C28H39N7OS/c1-20-17-26(37-19-20)18-29-23(4)30-28(35-15-13-34(14-16-35)12-11-33(5)6)31-25-9-7-24(8-10-25)27-21(2)32-36-22(27)3/h7-9,17,19,29H,4,10-16,18H2,1-3,5-6H3. The SMILES string of the molecule is C=C(N=C(N=C1C=CC(c2c(C)noc2C)=CC1)N1CCN(CCN(C)C)CC1)NCc1cc(C)cs1. The van der Waals surface area contributed by atoms with Crippen molar-refractivity contribution in [3.05, 3.63) is 69.5 Å². The Balaban J connectivity index is 1.47.